The van der Waals surface area contributed by atoms with Gasteiger partial charge in [-0.15, -0.1) is 0 Å². The van der Waals surface area contributed by atoms with E-state index >= 15 is 0 Å². The molecule has 13 heteroatoms. The highest BCUT2D eigenvalue weighted by atomic mass is 32.2. The van der Waals surface area contributed by atoms with Crippen LogP contribution in [0.2, 0.25) is 0 Å². The summed E-state index contributed by atoms with van der Waals surface area (Å²) in [6.45, 7) is 1.38. The van der Waals surface area contributed by atoms with Gasteiger partial charge in [-0.05, 0) is 30.5 Å². The fraction of sp³-hybridized carbons (Fsp3) is 0.188. The smallest absolute Gasteiger partial charge is 0.321 e. The first-order valence-corrected chi connectivity index (χ1v) is 8.71. The van der Waals surface area contributed by atoms with Gasteiger partial charge in [-0.3, -0.25) is 35.1 Å². The quantitative estimate of drug-likeness (QED) is 0.359. The van der Waals surface area contributed by atoms with Crippen LogP contribution in [0.25, 0.3) is 0 Å². The third kappa shape index (κ3) is 5.46. The van der Waals surface area contributed by atoms with E-state index < -0.39 is 38.2 Å². The maximum absolute atomic E-state index is 11.5. The average molecular weight is 422 g/mol. The van der Waals surface area contributed by atoms with Crippen molar-refractivity contribution >= 4 is 35.0 Å². The number of nitro benzene ring substituents is 3. The maximum Gasteiger partial charge on any atom is 0.321 e. The fourth-order valence-corrected chi connectivity index (χ4v) is 3.31. The van der Waals surface area contributed by atoms with Crippen molar-refractivity contribution in [2.45, 2.75) is 24.4 Å². The van der Waals surface area contributed by atoms with E-state index in [9.17, 15) is 40.2 Å². The number of carboxylic acids is 1. The summed E-state index contributed by atoms with van der Waals surface area (Å²) < 4.78 is 1.33. The molecule has 0 bridgehead atoms. The van der Waals surface area contributed by atoms with E-state index in [-0.39, 0.29) is 17.1 Å². The summed E-state index contributed by atoms with van der Waals surface area (Å²) in [6, 6.07) is 7.41. The number of rotatable bonds is 9. The molecule has 0 spiro atoms. The van der Waals surface area contributed by atoms with Gasteiger partial charge in [0.05, 0.1) is 20.8 Å². The molecule has 0 amide bonds. The molecule has 2 aromatic carbocycles. The summed E-state index contributed by atoms with van der Waals surface area (Å²) >= 11 is 0.760. The maximum atomic E-state index is 11.5. The van der Waals surface area contributed by atoms with Gasteiger partial charge < -0.3 is 5.11 Å². The van der Waals surface area contributed by atoms with Crippen LogP contribution >= 0.6 is 11.9 Å². The summed E-state index contributed by atoms with van der Waals surface area (Å²) in [6.07, 6.45) is 0. The number of non-ortho nitro benzene ring substituents is 2. The van der Waals surface area contributed by atoms with Crippen LogP contribution in [0.3, 0.4) is 0 Å². The normalized spacial score (nSPS) is 11.8. The molecule has 0 aliphatic carbocycles. The number of benzene rings is 2. The van der Waals surface area contributed by atoms with Gasteiger partial charge in [-0.1, -0.05) is 12.1 Å². The van der Waals surface area contributed by atoms with Crippen molar-refractivity contribution < 1.29 is 24.7 Å². The predicted octanol–water partition coefficient (Wildman–Crippen LogP) is 3.39. The molecule has 0 heterocycles. The largest absolute Gasteiger partial charge is 0.480 e. The summed E-state index contributed by atoms with van der Waals surface area (Å²) in [4.78, 5) is 42.3. The van der Waals surface area contributed by atoms with Gasteiger partial charge in [0.15, 0.2) is 0 Å². The zero-order valence-electron chi connectivity index (χ0n) is 14.8. The number of carboxylic acid groups (broad SMARTS) is 1. The van der Waals surface area contributed by atoms with Gasteiger partial charge in [-0.25, -0.2) is 4.31 Å². The predicted molar refractivity (Wildman–Crippen MR) is 101 cm³/mol. The Labute approximate surface area is 167 Å². The highest BCUT2D eigenvalue weighted by Gasteiger charge is 2.27. The highest BCUT2D eigenvalue weighted by molar-refractivity contribution is 7.97. The van der Waals surface area contributed by atoms with E-state index in [4.69, 9.17) is 0 Å². The van der Waals surface area contributed by atoms with Gasteiger partial charge in [-0.2, -0.15) is 0 Å². The number of nitrogens with zero attached hydrogens (tertiary/aromatic N) is 4. The summed E-state index contributed by atoms with van der Waals surface area (Å²) in [7, 11) is 0. The van der Waals surface area contributed by atoms with Crippen LogP contribution in [-0.2, 0) is 11.3 Å². The van der Waals surface area contributed by atoms with Crippen molar-refractivity contribution in [2.24, 2.45) is 0 Å². The standard InChI is InChI=1S/C16H14N4O8S/c1-10(16(21)22)17(9-11-2-4-12(5-3-11)18(23)24)29-15-7-6-13(19(25)26)8-14(15)20(27)28/h2-8,10H,9H2,1H3,(H,21,22). The van der Waals surface area contributed by atoms with Gasteiger partial charge in [0, 0.05) is 24.7 Å². The van der Waals surface area contributed by atoms with Crippen LogP contribution in [0.4, 0.5) is 17.1 Å². The minimum absolute atomic E-state index is 0.00424. The minimum atomic E-state index is -1.19. The molecular weight excluding hydrogens is 408 g/mol. The Hall–Kier alpha value is -3.58. The number of carbonyl (C=O) groups is 1. The Morgan fingerprint density at radius 1 is 1.00 bits per heavy atom. The molecule has 0 fully saturated rings. The molecule has 0 aliphatic heterocycles. The Morgan fingerprint density at radius 3 is 2.03 bits per heavy atom. The first kappa shape index (κ1) is 21.7. The Kier molecular flexibility index (Phi) is 6.80. The van der Waals surface area contributed by atoms with E-state index in [0.717, 1.165) is 24.1 Å². The SMILES string of the molecule is CC(C(=O)O)N(Cc1ccc([N+](=O)[O-])cc1)Sc1ccc([N+](=O)[O-])cc1[N+](=O)[O-]. The van der Waals surface area contributed by atoms with Gasteiger partial charge in [0.2, 0.25) is 0 Å². The van der Waals surface area contributed by atoms with Crippen molar-refractivity contribution in [2.75, 3.05) is 0 Å². The van der Waals surface area contributed by atoms with Crippen molar-refractivity contribution in [3.8, 4) is 0 Å². The molecule has 1 unspecified atom stereocenters. The minimum Gasteiger partial charge on any atom is -0.480 e. The van der Waals surface area contributed by atoms with Crippen LogP contribution in [0.1, 0.15) is 12.5 Å². The lowest BCUT2D eigenvalue weighted by Gasteiger charge is -2.24. The number of nitro groups is 3. The molecular formula is C16H14N4O8S. The van der Waals surface area contributed by atoms with Crippen LogP contribution in [0.15, 0.2) is 47.4 Å². The lowest BCUT2D eigenvalue weighted by atomic mass is 10.2. The second-order valence-corrected chi connectivity index (χ2v) is 6.86. The molecule has 152 valence electrons. The Bertz CT molecular complexity index is 966. The van der Waals surface area contributed by atoms with Crippen LogP contribution in [-0.4, -0.2) is 36.2 Å². The van der Waals surface area contributed by atoms with E-state index in [1.165, 1.54) is 41.6 Å². The molecule has 1 N–H and O–H groups in total. The molecule has 1 atom stereocenters. The van der Waals surface area contributed by atoms with Crippen LogP contribution in [0, 0.1) is 30.3 Å². The van der Waals surface area contributed by atoms with Crippen molar-refractivity contribution in [3.05, 3.63) is 78.4 Å². The molecule has 0 aromatic heterocycles. The Morgan fingerprint density at radius 2 is 1.55 bits per heavy atom. The molecule has 12 nitrogen and oxygen atoms in total. The van der Waals surface area contributed by atoms with Gasteiger partial charge >= 0.3 is 5.97 Å². The van der Waals surface area contributed by atoms with Gasteiger partial charge in [0.25, 0.3) is 17.1 Å². The Balaban J connectivity index is 2.36. The van der Waals surface area contributed by atoms with E-state index in [1.54, 1.807) is 0 Å². The number of hydrogen-bond acceptors (Lipinski definition) is 9. The fourth-order valence-electron chi connectivity index (χ4n) is 2.24. The summed E-state index contributed by atoms with van der Waals surface area (Å²) in [5, 5.41) is 42.3. The first-order valence-electron chi connectivity index (χ1n) is 7.93. The molecule has 2 aromatic rings. The molecule has 29 heavy (non-hydrogen) atoms. The highest BCUT2D eigenvalue weighted by Crippen LogP contribution is 2.36. The lowest BCUT2D eigenvalue weighted by Crippen LogP contribution is -2.33. The van der Waals surface area contributed by atoms with Crippen LogP contribution in [0.5, 0.6) is 0 Å². The van der Waals surface area contributed by atoms with E-state index in [0.29, 0.717) is 5.56 Å². The van der Waals surface area contributed by atoms with Crippen molar-refractivity contribution in [1.29, 1.82) is 0 Å². The number of hydrogen-bond donors (Lipinski definition) is 1. The third-order valence-electron chi connectivity index (χ3n) is 3.84. The molecule has 0 radical (unpaired) electrons. The molecule has 2 rings (SSSR count). The van der Waals surface area contributed by atoms with Gasteiger partial charge in [0.1, 0.15) is 10.9 Å². The zero-order valence-corrected chi connectivity index (χ0v) is 15.6. The van der Waals surface area contributed by atoms with Crippen molar-refractivity contribution in [3.63, 3.8) is 0 Å². The summed E-state index contributed by atoms with van der Waals surface area (Å²) in [5.74, 6) is -1.19. The first-order chi connectivity index (χ1) is 13.6. The topological polar surface area (TPSA) is 170 Å². The van der Waals surface area contributed by atoms with E-state index in [2.05, 4.69) is 0 Å². The zero-order chi connectivity index (χ0) is 21.7. The number of aliphatic carboxylic acids is 1. The molecule has 0 saturated carbocycles. The molecule has 0 aliphatic rings. The average Bonchev–Trinajstić information content (AvgIpc) is 2.67. The molecule has 0 saturated heterocycles. The van der Waals surface area contributed by atoms with Crippen molar-refractivity contribution in [1.82, 2.24) is 4.31 Å². The second-order valence-electron chi connectivity index (χ2n) is 5.77. The van der Waals surface area contributed by atoms with E-state index in [1.807, 2.05) is 0 Å². The van der Waals surface area contributed by atoms with Crippen LogP contribution < -0.4 is 0 Å². The monoisotopic (exact) mass is 422 g/mol. The summed E-state index contributed by atoms with van der Waals surface area (Å²) in [5.41, 5.74) is -0.587. The second kappa shape index (κ2) is 9.07. The third-order valence-corrected chi connectivity index (χ3v) is 5.06. The lowest BCUT2D eigenvalue weighted by molar-refractivity contribution is -0.396.